The molecule has 0 radical (unpaired) electrons. The van der Waals surface area contributed by atoms with E-state index in [9.17, 15) is 5.11 Å². The highest BCUT2D eigenvalue weighted by molar-refractivity contribution is 5.27. The van der Waals surface area contributed by atoms with Crippen LogP contribution in [0.3, 0.4) is 0 Å². The van der Waals surface area contributed by atoms with Crippen LogP contribution in [0.5, 0.6) is 0 Å². The van der Waals surface area contributed by atoms with Crippen LogP contribution in [0.2, 0.25) is 0 Å². The van der Waals surface area contributed by atoms with E-state index in [1.165, 1.54) is 5.69 Å². The Hall–Kier alpha value is -1.55. The van der Waals surface area contributed by atoms with Gasteiger partial charge in [0.25, 0.3) is 0 Å². The Morgan fingerprint density at radius 2 is 2.44 bits per heavy atom. The Kier molecular flexibility index (Phi) is 2.29. The molecule has 0 aliphatic heterocycles. The molecule has 0 saturated carbocycles. The zero-order chi connectivity index (χ0) is 11.0. The van der Waals surface area contributed by atoms with Gasteiger partial charge in [-0.05, 0) is 25.3 Å². The van der Waals surface area contributed by atoms with Crippen molar-refractivity contribution in [3.63, 3.8) is 0 Å². The number of nitrogens with zero attached hydrogens (tertiary/aromatic N) is 2. The Labute approximate surface area is 93.5 Å². The molecule has 0 saturated heterocycles. The largest absolute Gasteiger partial charge is 0.388 e. The summed E-state index contributed by atoms with van der Waals surface area (Å²) in [6.07, 6.45) is 6.34. The number of hydrogen-bond acceptors (Lipinski definition) is 3. The molecule has 3 rings (SSSR count). The molecule has 1 atom stereocenters. The summed E-state index contributed by atoms with van der Waals surface area (Å²) in [7, 11) is 0. The molecule has 4 nitrogen and oxygen atoms in total. The first-order chi connectivity index (χ1) is 7.84. The minimum Gasteiger partial charge on any atom is -0.388 e. The molecule has 1 N–H and O–H groups in total. The topological polar surface area (TPSA) is 51.2 Å². The SMILES string of the molecule is OC1CCCc2c1ccn2Cc1ccno1. The summed E-state index contributed by atoms with van der Waals surface area (Å²) in [4.78, 5) is 0. The van der Waals surface area contributed by atoms with E-state index in [0.717, 1.165) is 30.6 Å². The fraction of sp³-hybridized carbons (Fsp3) is 0.417. The molecule has 1 unspecified atom stereocenters. The maximum Gasteiger partial charge on any atom is 0.156 e. The van der Waals surface area contributed by atoms with Crippen molar-refractivity contribution >= 4 is 0 Å². The average Bonchev–Trinajstić information content (AvgIpc) is 2.90. The van der Waals surface area contributed by atoms with Gasteiger partial charge in [0.1, 0.15) is 0 Å². The first kappa shape index (κ1) is 9.66. The number of fused-ring (bicyclic) bond motifs is 1. The smallest absolute Gasteiger partial charge is 0.156 e. The van der Waals surface area contributed by atoms with Crippen molar-refractivity contribution in [1.82, 2.24) is 9.72 Å². The van der Waals surface area contributed by atoms with Crippen LogP contribution >= 0.6 is 0 Å². The summed E-state index contributed by atoms with van der Waals surface area (Å²) in [6.45, 7) is 0.696. The number of aliphatic hydroxyl groups is 1. The number of hydrogen-bond donors (Lipinski definition) is 1. The third-order valence-corrected chi connectivity index (χ3v) is 3.18. The lowest BCUT2D eigenvalue weighted by Gasteiger charge is -2.19. The zero-order valence-corrected chi connectivity index (χ0v) is 8.97. The normalized spacial score (nSPS) is 19.7. The molecule has 16 heavy (non-hydrogen) atoms. The Balaban J connectivity index is 1.91. The number of aliphatic hydroxyl groups excluding tert-OH is 1. The van der Waals surface area contributed by atoms with Crippen LogP contribution in [-0.2, 0) is 13.0 Å². The molecule has 0 fully saturated rings. The fourth-order valence-electron chi connectivity index (χ4n) is 2.37. The molecule has 2 aromatic rings. The summed E-state index contributed by atoms with van der Waals surface area (Å²) in [5.74, 6) is 0.846. The predicted octanol–water partition coefficient (Wildman–Crippen LogP) is 1.89. The predicted molar refractivity (Wildman–Crippen MR) is 57.9 cm³/mol. The van der Waals surface area contributed by atoms with E-state index in [-0.39, 0.29) is 6.10 Å². The lowest BCUT2D eigenvalue weighted by atomic mass is 9.95. The van der Waals surface area contributed by atoms with Crippen LogP contribution in [0.4, 0.5) is 0 Å². The molecule has 0 aromatic carbocycles. The van der Waals surface area contributed by atoms with Crippen LogP contribution in [0, 0.1) is 0 Å². The standard InChI is InChI=1S/C12H14N2O2/c15-12-3-1-2-11-10(12)5-7-14(11)8-9-4-6-13-16-9/h4-7,12,15H,1-3,8H2. The van der Waals surface area contributed by atoms with Crippen LogP contribution in [-0.4, -0.2) is 14.8 Å². The van der Waals surface area contributed by atoms with Crippen LogP contribution in [0.1, 0.15) is 36.0 Å². The summed E-state index contributed by atoms with van der Waals surface area (Å²) in [6, 6.07) is 3.88. The first-order valence-electron chi connectivity index (χ1n) is 5.60. The van der Waals surface area contributed by atoms with Crippen molar-refractivity contribution in [3.8, 4) is 0 Å². The van der Waals surface area contributed by atoms with Gasteiger partial charge in [-0.3, -0.25) is 0 Å². The van der Waals surface area contributed by atoms with Gasteiger partial charge in [0.2, 0.25) is 0 Å². The lowest BCUT2D eigenvalue weighted by Crippen LogP contribution is -2.12. The molecule has 2 aromatic heterocycles. The number of aromatic nitrogens is 2. The van der Waals surface area contributed by atoms with Gasteiger partial charge in [0.05, 0.1) is 18.8 Å². The maximum absolute atomic E-state index is 9.85. The Bertz CT molecular complexity index is 473. The van der Waals surface area contributed by atoms with Gasteiger partial charge in [-0.25, -0.2) is 0 Å². The van der Waals surface area contributed by atoms with Crippen molar-refractivity contribution in [3.05, 3.63) is 41.5 Å². The molecule has 1 aliphatic carbocycles. The summed E-state index contributed by atoms with van der Waals surface area (Å²) >= 11 is 0. The quantitative estimate of drug-likeness (QED) is 0.837. The molecule has 0 amide bonds. The minimum absolute atomic E-state index is 0.292. The second-order valence-corrected chi connectivity index (χ2v) is 4.23. The van der Waals surface area contributed by atoms with E-state index in [4.69, 9.17) is 4.52 Å². The van der Waals surface area contributed by atoms with E-state index in [2.05, 4.69) is 9.72 Å². The Morgan fingerprint density at radius 1 is 1.50 bits per heavy atom. The lowest BCUT2D eigenvalue weighted by molar-refractivity contribution is 0.155. The molecule has 0 bridgehead atoms. The van der Waals surface area contributed by atoms with Crippen LogP contribution in [0.25, 0.3) is 0 Å². The van der Waals surface area contributed by atoms with Crippen molar-refractivity contribution in [2.75, 3.05) is 0 Å². The van der Waals surface area contributed by atoms with E-state index in [1.807, 2.05) is 18.3 Å². The monoisotopic (exact) mass is 218 g/mol. The zero-order valence-electron chi connectivity index (χ0n) is 8.97. The van der Waals surface area contributed by atoms with Crippen LogP contribution < -0.4 is 0 Å². The van der Waals surface area contributed by atoms with E-state index in [0.29, 0.717) is 6.54 Å². The highest BCUT2D eigenvalue weighted by Crippen LogP contribution is 2.30. The molecule has 0 spiro atoms. The second kappa shape index (κ2) is 3.79. The Morgan fingerprint density at radius 3 is 3.25 bits per heavy atom. The highest BCUT2D eigenvalue weighted by Gasteiger charge is 2.21. The molecule has 84 valence electrons. The second-order valence-electron chi connectivity index (χ2n) is 4.23. The molecular formula is C12H14N2O2. The van der Waals surface area contributed by atoms with Crippen LogP contribution in [0.15, 0.2) is 29.0 Å². The van der Waals surface area contributed by atoms with Crippen molar-refractivity contribution < 1.29 is 9.63 Å². The maximum atomic E-state index is 9.85. The number of rotatable bonds is 2. The third kappa shape index (κ3) is 1.55. The highest BCUT2D eigenvalue weighted by atomic mass is 16.5. The minimum atomic E-state index is -0.292. The first-order valence-corrected chi connectivity index (χ1v) is 5.60. The summed E-state index contributed by atoms with van der Waals surface area (Å²) in [5.41, 5.74) is 2.31. The summed E-state index contributed by atoms with van der Waals surface area (Å²) in [5, 5.41) is 13.5. The van der Waals surface area contributed by atoms with Gasteiger partial charge < -0.3 is 14.2 Å². The van der Waals surface area contributed by atoms with Crippen molar-refractivity contribution in [2.45, 2.75) is 31.9 Å². The molecule has 2 heterocycles. The third-order valence-electron chi connectivity index (χ3n) is 3.18. The van der Waals surface area contributed by atoms with Gasteiger partial charge in [-0.2, -0.15) is 0 Å². The van der Waals surface area contributed by atoms with E-state index < -0.39 is 0 Å². The van der Waals surface area contributed by atoms with Gasteiger partial charge >= 0.3 is 0 Å². The fourth-order valence-corrected chi connectivity index (χ4v) is 2.37. The average molecular weight is 218 g/mol. The summed E-state index contributed by atoms with van der Waals surface area (Å²) < 4.78 is 7.23. The van der Waals surface area contributed by atoms with E-state index >= 15 is 0 Å². The van der Waals surface area contributed by atoms with Gasteiger partial charge in [0, 0.05) is 23.5 Å². The van der Waals surface area contributed by atoms with Gasteiger partial charge in [0.15, 0.2) is 5.76 Å². The van der Waals surface area contributed by atoms with Gasteiger partial charge in [-0.1, -0.05) is 5.16 Å². The van der Waals surface area contributed by atoms with Gasteiger partial charge in [-0.15, -0.1) is 0 Å². The molecule has 1 aliphatic rings. The van der Waals surface area contributed by atoms with E-state index in [1.54, 1.807) is 6.20 Å². The molecule has 4 heteroatoms. The van der Waals surface area contributed by atoms with Crippen molar-refractivity contribution in [2.24, 2.45) is 0 Å². The molecular weight excluding hydrogens is 204 g/mol. The van der Waals surface area contributed by atoms with Crippen molar-refractivity contribution in [1.29, 1.82) is 0 Å².